The number of carboxylic acid groups (broad SMARTS) is 1. The van der Waals surface area contributed by atoms with Crippen molar-refractivity contribution in [2.75, 3.05) is 22.7 Å². The minimum atomic E-state index is -0.949. The molecule has 1 saturated heterocycles. The van der Waals surface area contributed by atoms with Gasteiger partial charge in [-0.1, -0.05) is 6.07 Å². The van der Waals surface area contributed by atoms with Gasteiger partial charge < -0.3 is 14.7 Å². The van der Waals surface area contributed by atoms with Gasteiger partial charge in [-0.2, -0.15) is 5.26 Å². The predicted octanol–water partition coefficient (Wildman–Crippen LogP) is 5.19. The monoisotopic (exact) mass is 411 g/mol. The fraction of sp³-hybridized carbons (Fsp3) is 0.364. The smallest absolute Gasteiger partial charge is 0.335 e. The maximum Gasteiger partial charge on any atom is 0.335 e. The second-order valence-electron chi connectivity index (χ2n) is 7.54. The summed E-state index contributed by atoms with van der Waals surface area (Å²) in [7, 11) is 0. The van der Waals surface area contributed by atoms with E-state index in [0.29, 0.717) is 37.4 Å². The maximum absolute atomic E-state index is 13.6. The molecule has 0 unspecified atom stereocenters. The molecule has 2 aliphatic rings. The number of rotatable bonds is 6. The lowest BCUT2D eigenvalue weighted by Crippen LogP contribution is -2.34. The van der Waals surface area contributed by atoms with Crippen LogP contribution in [0.2, 0.25) is 0 Å². The van der Waals surface area contributed by atoms with Gasteiger partial charge >= 0.3 is 5.97 Å². The van der Waals surface area contributed by atoms with Gasteiger partial charge in [0.15, 0.2) is 0 Å². The summed E-state index contributed by atoms with van der Waals surface area (Å²) in [4.78, 5) is 14.4. The Labute approximate surface area is 173 Å². The molecule has 2 fully saturated rings. The number of nitrogens with zero attached hydrogens (tertiary/aromatic N) is 2. The Balaban J connectivity index is 1.60. The molecule has 0 bridgehead atoms. The van der Waals surface area contributed by atoms with Gasteiger partial charge in [0.25, 0.3) is 0 Å². The molecule has 5 nitrogen and oxygen atoms in total. The number of carboxylic acids is 1. The minimum Gasteiger partial charge on any atom is -0.478 e. The fourth-order valence-electron chi connectivity index (χ4n) is 3.65. The van der Waals surface area contributed by atoms with Crippen LogP contribution in [0.25, 0.3) is 0 Å². The lowest BCUT2D eigenvalue weighted by molar-refractivity contribution is 0.0696. The lowest BCUT2D eigenvalue weighted by atomic mass is 10.1. The van der Waals surface area contributed by atoms with E-state index >= 15 is 0 Å². The molecule has 0 spiro atoms. The minimum absolute atomic E-state index is 0.259. The molecule has 2 aromatic carbocycles. The number of halogens is 1. The van der Waals surface area contributed by atoms with Gasteiger partial charge in [0.1, 0.15) is 6.17 Å². The predicted molar refractivity (Wildman–Crippen MR) is 112 cm³/mol. The normalized spacial score (nSPS) is 17.0. The van der Waals surface area contributed by atoms with Crippen molar-refractivity contribution in [3.05, 3.63) is 53.1 Å². The van der Waals surface area contributed by atoms with E-state index < -0.39 is 12.1 Å². The third kappa shape index (κ3) is 4.48. The van der Waals surface area contributed by atoms with Crippen LogP contribution in [-0.2, 0) is 0 Å². The van der Waals surface area contributed by atoms with Gasteiger partial charge in [-0.15, -0.1) is 0 Å². The molecule has 29 heavy (non-hydrogen) atoms. The third-order valence-corrected chi connectivity index (χ3v) is 6.33. The molecule has 2 N–H and O–H groups in total. The molecule has 1 saturated carbocycles. The van der Waals surface area contributed by atoms with Gasteiger partial charge in [0.05, 0.1) is 28.6 Å². The third-order valence-electron chi connectivity index (χ3n) is 5.44. The van der Waals surface area contributed by atoms with Crippen LogP contribution in [0.3, 0.4) is 0 Å². The van der Waals surface area contributed by atoms with E-state index in [0.717, 1.165) is 34.7 Å². The topological polar surface area (TPSA) is 76.4 Å². The van der Waals surface area contributed by atoms with Crippen LogP contribution in [0.15, 0.2) is 41.3 Å². The SMILES string of the molecule is N#Cc1ccc(N2CCC(F)CC2)c(NSc2cc(C(=O)O)ccc2C2CC2)c1. The van der Waals surface area contributed by atoms with Crippen molar-refractivity contribution in [2.24, 2.45) is 0 Å². The molecule has 1 aliphatic carbocycles. The van der Waals surface area contributed by atoms with E-state index in [9.17, 15) is 19.6 Å². The number of aromatic carboxylic acids is 1. The van der Waals surface area contributed by atoms with Crippen LogP contribution in [-0.4, -0.2) is 30.3 Å². The highest BCUT2D eigenvalue weighted by Gasteiger charge is 2.27. The number of anilines is 2. The van der Waals surface area contributed by atoms with Crippen molar-refractivity contribution in [3.8, 4) is 6.07 Å². The lowest BCUT2D eigenvalue weighted by Gasteiger charge is -2.32. The van der Waals surface area contributed by atoms with Gasteiger partial charge in [-0.25, -0.2) is 9.18 Å². The Bertz CT molecular complexity index is 963. The first-order chi connectivity index (χ1) is 14.0. The number of nitrogens with one attached hydrogen (secondary N) is 1. The molecule has 0 aromatic heterocycles. The number of hydrogen-bond donors (Lipinski definition) is 2. The number of benzene rings is 2. The number of carbonyl (C=O) groups is 1. The molecule has 0 radical (unpaired) electrons. The summed E-state index contributed by atoms with van der Waals surface area (Å²) in [5.74, 6) is -0.467. The number of hydrogen-bond acceptors (Lipinski definition) is 5. The standard InChI is InChI=1S/C22H22FN3O2S/c23-17-7-9-26(10-8-17)20-6-1-14(13-24)11-19(20)25-29-21-12-16(22(27)28)4-5-18(21)15-2-3-15/h1,4-6,11-12,15,17,25H,2-3,7-10H2,(H,27,28). The summed E-state index contributed by atoms with van der Waals surface area (Å²) in [6.07, 6.45) is 2.48. The Hall–Kier alpha value is -2.72. The van der Waals surface area contributed by atoms with E-state index in [-0.39, 0.29) is 5.56 Å². The average Bonchev–Trinajstić information content (AvgIpc) is 3.57. The molecule has 1 heterocycles. The van der Waals surface area contributed by atoms with Crippen LogP contribution < -0.4 is 9.62 Å². The van der Waals surface area contributed by atoms with Crippen molar-refractivity contribution in [1.82, 2.24) is 0 Å². The van der Waals surface area contributed by atoms with Crippen LogP contribution in [0.1, 0.15) is 53.1 Å². The van der Waals surface area contributed by atoms with Crippen molar-refractivity contribution in [1.29, 1.82) is 5.26 Å². The van der Waals surface area contributed by atoms with E-state index in [1.54, 1.807) is 24.3 Å². The molecule has 1 aliphatic heterocycles. The first-order valence-corrected chi connectivity index (χ1v) is 10.6. The highest BCUT2D eigenvalue weighted by molar-refractivity contribution is 8.00. The van der Waals surface area contributed by atoms with Crippen molar-refractivity contribution in [2.45, 2.75) is 42.7 Å². The zero-order chi connectivity index (χ0) is 20.4. The summed E-state index contributed by atoms with van der Waals surface area (Å²) in [5.41, 5.74) is 3.68. The molecule has 2 aromatic rings. The molecule has 150 valence electrons. The number of alkyl halides is 1. The fourth-order valence-corrected chi connectivity index (χ4v) is 4.57. The summed E-state index contributed by atoms with van der Waals surface area (Å²) >= 11 is 1.37. The summed E-state index contributed by atoms with van der Waals surface area (Å²) in [6.45, 7) is 1.27. The van der Waals surface area contributed by atoms with E-state index in [2.05, 4.69) is 15.7 Å². The van der Waals surface area contributed by atoms with Crippen molar-refractivity contribution in [3.63, 3.8) is 0 Å². The Morgan fingerprint density at radius 1 is 1.17 bits per heavy atom. The van der Waals surface area contributed by atoms with E-state index in [1.165, 1.54) is 11.9 Å². The first kappa shape index (κ1) is 19.6. The van der Waals surface area contributed by atoms with Crippen molar-refractivity contribution >= 4 is 29.3 Å². The Morgan fingerprint density at radius 2 is 1.93 bits per heavy atom. The highest BCUT2D eigenvalue weighted by atomic mass is 32.2. The van der Waals surface area contributed by atoms with Gasteiger partial charge in [-0.3, -0.25) is 0 Å². The zero-order valence-electron chi connectivity index (χ0n) is 15.9. The quantitative estimate of drug-likeness (QED) is 0.637. The zero-order valence-corrected chi connectivity index (χ0v) is 16.7. The maximum atomic E-state index is 13.6. The van der Waals surface area contributed by atoms with Crippen LogP contribution >= 0.6 is 11.9 Å². The second-order valence-corrected chi connectivity index (χ2v) is 8.39. The summed E-state index contributed by atoms with van der Waals surface area (Å²) < 4.78 is 16.9. The molecular formula is C22H22FN3O2S. The highest BCUT2D eigenvalue weighted by Crippen LogP contribution is 2.45. The summed E-state index contributed by atoms with van der Waals surface area (Å²) in [6, 6.07) is 12.9. The van der Waals surface area contributed by atoms with E-state index in [1.807, 2.05) is 12.1 Å². The molecule has 7 heteroatoms. The largest absolute Gasteiger partial charge is 0.478 e. The second kappa shape index (κ2) is 8.34. The van der Waals surface area contributed by atoms with Gasteiger partial charge in [-0.05, 0) is 79.4 Å². The van der Waals surface area contributed by atoms with Crippen LogP contribution in [0.5, 0.6) is 0 Å². The summed E-state index contributed by atoms with van der Waals surface area (Å²) in [5, 5.41) is 18.6. The Morgan fingerprint density at radius 3 is 2.59 bits per heavy atom. The Kier molecular flexibility index (Phi) is 5.63. The first-order valence-electron chi connectivity index (χ1n) is 9.78. The van der Waals surface area contributed by atoms with Gasteiger partial charge in [0, 0.05) is 18.0 Å². The number of piperidine rings is 1. The van der Waals surface area contributed by atoms with Gasteiger partial charge in [0.2, 0.25) is 0 Å². The molecule has 0 amide bonds. The molecular weight excluding hydrogens is 389 g/mol. The van der Waals surface area contributed by atoms with Crippen molar-refractivity contribution < 1.29 is 14.3 Å². The van der Waals surface area contributed by atoms with Crippen LogP contribution in [0, 0.1) is 11.3 Å². The average molecular weight is 412 g/mol. The molecule has 4 rings (SSSR count). The molecule has 0 atom stereocenters. The van der Waals surface area contributed by atoms with E-state index in [4.69, 9.17) is 0 Å². The van der Waals surface area contributed by atoms with Crippen LogP contribution in [0.4, 0.5) is 15.8 Å². The number of nitriles is 1.